The van der Waals surface area contributed by atoms with Crippen LogP contribution in [0.2, 0.25) is 0 Å². The van der Waals surface area contributed by atoms with Crippen molar-refractivity contribution in [3.63, 3.8) is 0 Å². The molecule has 4 aliphatic rings. The Hall–Kier alpha value is 0.830. The summed E-state index contributed by atoms with van der Waals surface area (Å²) in [6.07, 6.45) is 9.80. The monoisotopic (exact) mass is 422 g/mol. The summed E-state index contributed by atoms with van der Waals surface area (Å²) < 4.78 is 36.2. The molecule has 4 rings (SSSR count). The van der Waals surface area contributed by atoms with Crippen molar-refractivity contribution in [2.75, 3.05) is 0 Å². The van der Waals surface area contributed by atoms with E-state index in [-0.39, 0.29) is 46.5 Å². The van der Waals surface area contributed by atoms with Gasteiger partial charge in [-0.1, -0.05) is 32.1 Å². The molecule has 28 heavy (non-hydrogen) atoms. The van der Waals surface area contributed by atoms with Crippen LogP contribution in [0.4, 0.5) is 0 Å². The summed E-state index contributed by atoms with van der Waals surface area (Å²) in [6.45, 7) is 6.73. The molecule has 4 saturated carbocycles. The van der Waals surface area contributed by atoms with Gasteiger partial charge in [-0.25, -0.2) is 4.18 Å². The Kier molecular flexibility index (Phi) is 6.77. The van der Waals surface area contributed by atoms with Crippen LogP contribution in [0.5, 0.6) is 0 Å². The molecule has 0 saturated heterocycles. The standard InChI is InChI=1S/C21H35O5S.Na/c1-13(22)17-6-7-18-16-5-4-14-12-15(26-27(23,24)25)8-10-20(14,2)19(16)9-11-21(17,18)3;/h14-19,22H,4-12H2,1-3H3,(H,23,24,25);/q-1;+1/t14-,15-,16-,17+,18-,19-,20-,21+;/m0./s1. The van der Waals surface area contributed by atoms with Gasteiger partial charge >= 0.3 is 40.0 Å². The summed E-state index contributed by atoms with van der Waals surface area (Å²) in [5.74, 6) is 2.96. The molecule has 4 fully saturated rings. The third-order valence-electron chi connectivity index (χ3n) is 9.38. The Bertz CT molecular complexity index is 682. The third-order valence-corrected chi connectivity index (χ3v) is 9.90. The molecule has 0 aromatic carbocycles. The quantitative estimate of drug-likeness (QED) is 0.411. The molecule has 8 atom stereocenters. The predicted molar refractivity (Wildman–Crippen MR) is 102 cm³/mol. The van der Waals surface area contributed by atoms with E-state index < -0.39 is 10.4 Å². The van der Waals surface area contributed by atoms with Gasteiger partial charge in [0.25, 0.3) is 0 Å². The van der Waals surface area contributed by atoms with Crippen LogP contribution in [-0.2, 0) is 14.6 Å². The molecule has 0 amide bonds. The van der Waals surface area contributed by atoms with Crippen LogP contribution in [0.15, 0.2) is 0 Å². The van der Waals surface area contributed by atoms with Crippen molar-refractivity contribution in [3.05, 3.63) is 6.10 Å². The molecule has 0 aromatic rings. The smallest absolute Gasteiger partial charge is 0.563 e. The first-order chi connectivity index (χ1) is 12.5. The van der Waals surface area contributed by atoms with E-state index in [1.165, 1.54) is 25.7 Å². The minimum atomic E-state index is -4.36. The fraction of sp³-hybridized carbons (Fsp3) is 0.952. The van der Waals surface area contributed by atoms with Gasteiger partial charge in [-0.2, -0.15) is 21.4 Å². The van der Waals surface area contributed by atoms with E-state index in [0.29, 0.717) is 36.2 Å². The molecule has 4 aliphatic carbocycles. The Morgan fingerprint density at radius 2 is 1.61 bits per heavy atom. The zero-order valence-electron chi connectivity index (χ0n) is 17.9. The molecule has 7 heteroatoms. The maximum atomic E-state index is 11.1. The van der Waals surface area contributed by atoms with Crippen LogP contribution in [0.1, 0.15) is 78.6 Å². The normalized spacial score (nSPS) is 48.4. The summed E-state index contributed by atoms with van der Waals surface area (Å²) in [5, 5.41) is 10.2. The minimum absolute atomic E-state index is 0. The van der Waals surface area contributed by atoms with Crippen LogP contribution in [0.3, 0.4) is 0 Å². The van der Waals surface area contributed by atoms with Gasteiger partial charge in [-0.15, -0.1) is 5.92 Å². The Morgan fingerprint density at radius 1 is 0.964 bits per heavy atom. The summed E-state index contributed by atoms with van der Waals surface area (Å²) in [4.78, 5) is 0. The van der Waals surface area contributed by atoms with Gasteiger partial charge in [0.05, 0.1) is 6.10 Å². The van der Waals surface area contributed by atoms with E-state index in [9.17, 15) is 13.5 Å². The van der Waals surface area contributed by atoms with Crippen LogP contribution < -0.4 is 29.6 Å². The van der Waals surface area contributed by atoms with Crippen molar-refractivity contribution in [2.24, 2.45) is 40.4 Å². The number of fused-ring (bicyclic) bond motifs is 5. The number of hydrogen-bond donors (Lipinski definition) is 2. The van der Waals surface area contributed by atoms with Crippen molar-refractivity contribution in [2.45, 2.75) is 84.7 Å². The molecule has 0 unspecified atom stereocenters. The molecule has 0 bridgehead atoms. The average molecular weight is 423 g/mol. The first-order valence-electron chi connectivity index (χ1n) is 10.7. The van der Waals surface area contributed by atoms with E-state index in [1.807, 2.05) is 6.92 Å². The molecule has 0 radical (unpaired) electrons. The van der Waals surface area contributed by atoms with Gasteiger partial charge in [0.1, 0.15) is 0 Å². The fourth-order valence-corrected chi connectivity index (χ4v) is 8.68. The van der Waals surface area contributed by atoms with E-state index in [2.05, 4.69) is 13.8 Å². The molecule has 5 nitrogen and oxygen atoms in total. The van der Waals surface area contributed by atoms with Crippen LogP contribution in [0.25, 0.3) is 0 Å². The van der Waals surface area contributed by atoms with E-state index in [0.717, 1.165) is 31.6 Å². The maximum absolute atomic E-state index is 11.1. The molecular weight excluding hydrogens is 387 g/mol. The Morgan fingerprint density at radius 3 is 2.25 bits per heavy atom. The predicted octanol–water partition coefficient (Wildman–Crippen LogP) is 1.76. The van der Waals surface area contributed by atoms with Gasteiger partial charge < -0.3 is 5.11 Å². The van der Waals surface area contributed by atoms with E-state index >= 15 is 0 Å². The maximum Gasteiger partial charge on any atom is 1.00 e. The molecule has 2 N–H and O–H groups in total. The van der Waals surface area contributed by atoms with Crippen molar-refractivity contribution < 1.29 is 51.8 Å². The van der Waals surface area contributed by atoms with Crippen molar-refractivity contribution in [1.29, 1.82) is 0 Å². The summed E-state index contributed by atoms with van der Waals surface area (Å²) >= 11 is 0. The second kappa shape index (κ2) is 8.07. The van der Waals surface area contributed by atoms with Crippen molar-refractivity contribution >= 4 is 10.4 Å². The van der Waals surface area contributed by atoms with Crippen LogP contribution >= 0.6 is 0 Å². The summed E-state index contributed by atoms with van der Waals surface area (Å²) in [6, 6.07) is 0. The second-order valence-electron chi connectivity index (χ2n) is 10.4. The van der Waals surface area contributed by atoms with E-state index in [4.69, 9.17) is 8.74 Å². The second-order valence-corrected chi connectivity index (χ2v) is 11.4. The van der Waals surface area contributed by atoms with E-state index in [1.54, 1.807) is 0 Å². The fourth-order valence-electron chi connectivity index (χ4n) is 8.16. The van der Waals surface area contributed by atoms with Gasteiger partial charge in [-0.3, -0.25) is 4.55 Å². The number of aliphatic hydroxyl groups is 1. The van der Waals surface area contributed by atoms with Gasteiger partial charge in [0, 0.05) is 0 Å². The summed E-state index contributed by atoms with van der Waals surface area (Å²) in [7, 11) is -4.36. The number of aliphatic hydroxyl groups excluding tert-OH is 1. The molecule has 156 valence electrons. The van der Waals surface area contributed by atoms with Crippen LogP contribution in [0, 0.1) is 46.5 Å². The first-order valence-corrected chi connectivity index (χ1v) is 12.1. The molecule has 0 heterocycles. The number of hydrogen-bond acceptors (Lipinski definition) is 4. The first kappa shape index (κ1) is 23.5. The minimum Gasteiger partial charge on any atom is -0.563 e. The zero-order valence-corrected chi connectivity index (χ0v) is 20.7. The van der Waals surface area contributed by atoms with Crippen molar-refractivity contribution in [3.8, 4) is 0 Å². The van der Waals surface area contributed by atoms with Gasteiger partial charge in [0.2, 0.25) is 0 Å². The molecule has 0 spiro atoms. The molecule has 0 aromatic heterocycles. The SMILES string of the molecule is C[C-](O)[C@H]1CC[C@H]2[C@@H]3CC[C@H]4C[C@@H](OS(=O)(=O)O)CC[C@]4(C)[C@H]3CC[C@]12C.[Na+]. The molecule has 0 aliphatic heterocycles. The number of rotatable bonds is 3. The topological polar surface area (TPSA) is 83.8 Å². The van der Waals surface area contributed by atoms with Crippen molar-refractivity contribution in [1.82, 2.24) is 0 Å². The largest absolute Gasteiger partial charge is 1.00 e. The Labute approximate surface area is 192 Å². The Balaban J connectivity index is 0.00000225. The average Bonchev–Trinajstić information content (AvgIpc) is 2.91. The molecular formula is C21H35NaO5S. The third kappa shape index (κ3) is 3.89. The van der Waals surface area contributed by atoms with Gasteiger partial charge in [-0.05, 0) is 74.0 Å². The summed E-state index contributed by atoms with van der Waals surface area (Å²) in [5.41, 5.74) is 0.494. The zero-order chi connectivity index (χ0) is 19.6. The van der Waals surface area contributed by atoms with Crippen LogP contribution in [-0.4, -0.2) is 24.2 Å². The van der Waals surface area contributed by atoms with Gasteiger partial charge in [0.15, 0.2) is 0 Å².